The van der Waals surface area contributed by atoms with Crippen molar-refractivity contribution in [3.63, 3.8) is 0 Å². The van der Waals surface area contributed by atoms with E-state index in [1.165, 1.54) is 0 Å². The van der Waals surface area contributed by atoms with Crippen LogP contribution in [-0.2, 0) is 11.3 Å². The Balaban J connectivity index is 1.90. The topological polar surface area (TPSA) is 62.5 Å². The number of nitrogens with zero attached hydrogens (tertiary/aromatic N) is 2. The Kier molecular flexibility index (Phi) is 4.23. The number of pyridine rings is 1. The Bertz CT molecular complexity index is 466. The first-order chi connectivity index (χ1) is 8.74. The number of carboxylic acid groups (broad SMARTS) is 1. The van der Waals surface area contributed by atoms with Crippen LogP contribution in [0.4, 0.5) is 0 Å². The molecule has 2 rings (SSSR count). The smallest absolute Gasteiger partial charge is 0.303 e. The van der Waals surface area contributed by atoms with Crippen molar-refractivity contribution in [1.82, 2.24) is 4.98 Å². The van der Waals surface area contributed by atoms with Crippen LogP contribution < -0.4 is 0 Å². The van der Waals surface area contributed by atoms with Crippen molar-refractivity contribution < 1.29 is 9.90 Å². The molecule has 1 unspecified atom stereocenters. The Morgan fingerprint density at radius 3 is 2.83 bits per heavy atom. The van der Waals surface area contributed by atoms with Crippen LogP contribution in [0.2, 0.25) is 0 Å². The Morgan fingerprint density at radius 2 is 2.22 bits per heavy atom. The zero-order valence-corrected chi connectivity index (χ0v) is 10.1. The lowest BCUT2D eigenvalue weighted by Gasteiger charge is -2.15. The van der Waals surface area contributed by atoms with Gasteiger partial charge in [0.2, 0.25) is 0 Å². The third-order valence-electron chi connectivity index (χ3n) is 2.98. The van der Waals surface area contributed by atoms with Gasteiger partial charge in [-0.3, -0.25) is 14.8 Å². The monoisotopic (exact) mass is 244 g/mol. The van der Waals surface area contributed by atoms with Gasteiger partial charge in [0.05, 0.1) is 13.0 Å². The number of rotatable bonds is 4. The lowest BCUT2D eigenvalue weighted by Crippen LogP contribution is -2.12. The first kappa shape index (κ1) is 12.5. The number of carboxylic acids is 1. The molecule has 0 amide bonds. The van der Waals surface area contributed by atoms with E-state index >= 15 is 0 Å². The highest BCUT2D eigenvalue weighted by atomic mass is 16.4. The molecule has 1 aliphatic rings. The van der Waals surface area contributed by atoms with Gasteiger partial charge in [-0.2, -0.15) is 0 Å². The van der Waals surface area contributed by atoms with E-state index in [-0.39, 0.29) is 12.3 Å². The van der Waals surface area contributed by atoms with Crippen LogP contribution in [0.1, 0.15) is 24.8 Å². The second-order valence-electron chi connectivity index (χ2n) is 4.42. The highest BCUT2D eigenvalue weighted by molar-refractivity contribution is 5.95. The van der Waals surface area contributed by atoms with Gasteiger partial charge in [-0.15, -0.1) is 0 Å². The van der Waals surface area contributed by atoms with Crippen molar-refractivity contribution in [2.24, 2.45) is 10.9 Å². The van der Waals surface area contributed by atoms with E-state index in [4.69, 9.17) is 5.11 Å². The molecule has 1 atom stereocenters. The summed E-state index contributed by atoms with van der Waals surface area (Å²) in [5.74, 6) is -0.579. The van der Waals surface area contributed by atoms with Crippen LogP contribution >= 0.6 is 0 Å². The van der Waals surface area contributed by atoms with Crippen molar-refractivity contribution in [2.75, 3.05) is 0 Å². The van der Waals surface area contributed by atoms with E-state index in [1.54, 1.807) is 12.4 Å². The summed E-state index contributed by atoms with van der Waals surface area (Å²) in [6.07, 6.45) is 9.39. The molecule has 1 aliphatic carbocycles. The molecule has 1 N–H and O–H groups in total. The van der Waals surface area contributed by atoms with Gasteiger partial charge < -0.3 is 5.11 Å². The highest BCUT2D eigenvalue weighted by Crippen LogP contribution is 2.19. The molecule has 4 heteroatoms. The molecule has 0 spiro atoms. The number of aromatic nitrogens is 1. The zero-order chi connectivity index (χ0) is 12.8. The highest BCUT2D eigenvalue weighted by Gasteiger charge is 2.14. The summed E-state index contributed by atoms with van der Waals surface area (Å²) in [7, 11) is 0. The van der Waals surface area contributed by atoms with Crippen molar-refractivity contribution in [1.29, 1.82) is 0 Å². The molecule has 4 nitrogen and oxygen atoms in total. The fourth-order valence-corrected chi connectivity index (χ4v) is 1.97. The van der Waals surface area contributed by atoms with Gasteiger partial charge in [0.1, 0.15) is 0 Å². The predicted molar refractivity (Wildman–Crippen MR) is 69.5 cm³/mol. The van der Waals surface area contributed by atoms with Crippen LogP contribution in [0.3, 0.4) is 0 Å². The second kappa shape index (κ2) is 6.10. The van der Waals surface area contributed by atoms with E-state index in [2.05, 4.69) is 9.98 Å². The minimum absolute atomic E-state index is 0.155. The number of carbonyl (C=O) groups is 1. The number of hydrogen-bond donors (Lipinski definition) is 1. The average Bonchev–Trinajstić information content (AvgIpc) is 2.38. The van der Waals surface area contributed by atoms with Crippen molar-refractivity contribution in [3.8, 4) is 0 Å². The van der Waals surface area contributed by atoms with Gasteiger partial charge in [0, 0.05) is 18.1 Å². The van der Waals surface area contributed by atoms with Gasteiger partial charge in [0.25, 0.3) is 0 Å². The normalized spacial score (nSPS) is 21.1. The first-order valence-corrected chi connectivity index (χ1v) is 6.06. The fraction of sp³-hybridized carbons (Fsp3) is 0.357. The standard InChI is InChI=1S/C14H16N2O2/c17-14(18)9-11-1-3-13(4-2-11)16-10-12-5-7-15-8-6-12/h1,3,5-8,11H,2,4,9-10H2,(H,17,18). The third-order valence-corrected chi connectivity index (χ3v) is 2.98. The Hall–Kier alpha value is -1.97. The molecule has 1 heterocycles. The maximum atomic E-state index is 10.6. The lowest BCUT2D eigenvalue weighted by atomic mass is 9.92. The average molecular weight is 244 g/mol. The molecule has 0 saturated heterocycles. The number of aliphatic imine (C=N–C) groups is 1. The minimum Gasteiger partial charge on any atom is -0.481 e. The summed E-state index contributed by atoms with van der Waals surface area (Å²) in [5, 5.41) is 8.71. The van der Waals surface area contributed by atoms with E-state index in [9.17, 15) is 4.79 Å². The SMILES string of the molecule is O=C(O)CC1C=CC(=NCc2ccncc2)CC1. The molecule has 0 aromatic carbocycles. The summed E-state index contributed by atoms with van der Waals surface area (Å²) in [6.45, 7) is 0.659. The summed E-state index contributed by atoms with van der Waals surface area (Å²) in [4.78, 5) is 19.1. The fourth-order valence-electron chi connectivity index (χ4n) is 1.97. The molecule has 0 fully saturated rings. The quantitative estimate of drug-likeness (QED) is 0.884. The van der Waals surface area contributed by atoms with Crippen molar-refractivity contribution in [3.05, 3.63) is 42.2 Å². The zero-order valence-electron chi connectivity index (χ0n) is 10.1. The summed E-state index contributed by atoms with van der Waals surface area (Å²) >= 11 is 0. The van der Waals surface area contributed by atoms with Crippen LogP contribution in [-0.4, -0.2) is 21.8 Å². The first-order valence-electron chi connectivity index (χ1n) is 6.06. The van der Waals surface area contributed by atoms with E-state index in [0.29, 0.717) is 6.54 Å². The predicted octanol–water partition coefficient (Wildman–Crippen LogP) is 2.46. The van der Waals surface area contributed by atoms with Gasteiger partial charge >= 0.3 is 5.97 Å². The van der Waals surface area contributed by atoms with Crippen LogP contribution in [0, 0.1) is 5.92 Å². The van der Waals surface area contributed by atoms with Crippen molar-refractivity contribution in [2.45, 2.75) is 25.8 Å². The van der Waals surface area contributed by atoms with Crippen LogP contribution in [0.5, 0.6) is 0 Å². The number of hydrogen-bond acceptors (Lipinski definition) is 3. The maximum absolute atomic E-state index is 10.6. The largest absolute Gasteiger partial charge is 0.481 e. The molecule has 18 heavy (non-hydrogen) atoms. The van der Waals surface area contributed by atoms with E-state index < -0.39 is 5.97 Å². The molecule has 94 valence electrons. The molecule has 1 aromatic rings. The summed E-state index contributed by atoms with van der Waals surface area (Å²) in [6, 6.07) is 3.90. The Morgan fingerprint density at radius 1 is 1.44 bits per heavy atom. The van der Waals surface area contributed by atoms with Crippen molar-refractivity contribution >= 4 is 11.7 Å². The molecule has 0 aliphatic heterocycles. The van der Waals surface area contributed by atoms with Gasteiger partial charge in [-0.05, 0) is 42.5 Å². The van der Waals surface area contributed by atoms with E-state index in [1.807, 2.05) is 24.3 Å². The summed E-state index contributed by atoms with van der Waals surface area (Å²) in [5.41, 5.74) is 2.19. The second-order valence-corrected chi connectivity index (χ2v) is 4.42. The molecular formula is C14H16N2O2. The van der Waals surface area contributed by atoms with Crippen LogP contribution in [0.25, 0.3) is 0 Å². The molecule has 0 bridgehead atoms. The minimum atomic E-state index is -0.734. The summed E-state index contributed by atoms with van der Waals surface area (Å²) < 4.78 is 0. The van der Waals surface area contributed by atoms with Crippen LogP contribution in [0.15, 0.2) is 41.7 Å². The maximum Gasteiger partial charge on any atom is 0.303 e. The molecule has 0 saturated carbocycles. The van der Waals surface area contributed by atoms with Gasteiger partial charge in [0.15, 0.2) is 0 Å². The molecule has 0 radical (unpaired) electrons. The third kappa shape index (κ3) is 3.80. The molecule has 1 aromatic heterocycles. The van der Waals surface area contributed by atoms with E-state index in [0.717, 1.165) is 24.1 Å². The number of allylic oxidation sites excluding steroid dienone is 2. The van der Waals surface area contributed by atoms with Gasteiger partial charge in [-0.25, -0.2) is 0 Å². The van der Waals surface area contributed by atoms with Gasteiger partial charge in [-0.1, -0.05) is 6.08 Å². The Labute approximate surface area is 106 Å². The lowest BCUT2D eigenvalue weighted by molar-refractivity contribution is -0.137. The molecular weight excluding hydrogens is 228 g/mol. The number of aliphatic carboxylic acids is 1.